The van der Waals surface area contributed by atoms with E-state index < -0.39 is 0 Å². The van der Waals surface area contributed by atoms with Crippen molar-refractivity contribution in [3.05, 3.63) is 0 Å². The number of hydrogen-bond acceptors (Lipinski definition) is 3. The van der Waals surface area contributed by atoms with Crippen LogP contribution in [0.25, 0.3) is 0 Å². The van der Waals surface area contributed by atoms with Crippen molar-refractivity contribution in [3.63, 3.8) is 0 Å². The molecule has 0 radical (unpaired) electrons. The van der Waals surface area contributed by atoms with Gasteiger partial charge in [-0.2, -0.15) is 0 Å². The van der Waals surface area contributed by atoms with Crippen LogP contribution in [0.2, 0.25) is 0 Å². The highest BCUT2D eigenvalue weighted by Crippen LogP contribution is 1.96. The van der Waals surface area contributed by atoms with Crippen LogP contribution in [0, 0.1) is 5.92 Å². The Morgan fingerprint density at radius 2 is 1.90 bits per heavy atom. The van der Waals surface area contributed by atoms with Crippen LogP contribution in [0.4, 0.5) is 0 Å². The molecule has 0 aromatic heterocycles. The molecule has 0 atom stereocenters. The van der Waals surface area contributed by atoms with E-state index in [-0.39, 0.29) is 5.97 Å². The molecule has 0 heterocycles. The molecule has 0 spiro atoms. The highest BCUT2D eigenvalue weighted by Gasteiger charge is 1.98. The standard InChI is InChI=1S/C7H13NO2/c1-5(2)6(3)8-10-7(4)9/h5H,1-4H3. The van der Waals surface area contributed by atoms with Crippen molar-refractivity contribution in [2.45, 2.75) is 27.7 Å². The van der Waals surface area contributed by atoms with Crippen molar-refractivity contribution >= 4 is 11.7 Å². The van der Waals surface area contributed by atoms with E-state index >= 15 is 0 Å². The third-order valence-electron chi connectivity index (χ3n) is 1.15. The Bertz CT molecular complexity index is 150. The summed E-state index contributed by atoms with van der Waals surface area (Å²) in [4.78, 5) is 14.7. The van der Waals surface area contributed by atoms with Crippen molar-refractivity contribution in [1.29, 1.82) is 0 Å². The van der Waals surface area contributed by atoms with Gasteiger partial charge in [0.05, 0.1) is 5.71 Å². The quantitative estimate of drug-likeness (QED) is 0.334. The van der Waals surface area contributed by atoms with Crippen LogP contribution in [0.1, 0.15) is 27.7 Å². The Morgan fingerprint density at radius 3 is 2.20 bits per heavy atom. The molecule has 0 unspecified atom stereocenters. The minimum Gasteiger partial charge on any atom is -0.319 e. The van der Waals surface area contributed by atoms with Crippen LogP contribution in [0.15, 0.2) is 5.16 Å². The van der Waals surface area contributed by atoms with Crippen molar-refractivity contribution < 1.29 is 9.63 Å². The Morgan fingerprint density at radius 1 is 1.40 bits per heavy atom. The second-order valence-corrected chi connectivity index (χ2v) is 2.47. The van der Waals surface area contributed by atoms with Gasteiger partial charge in [-0.25, -0.2) is 4.79 Å². The molecule has 58 valence electrons. The summed E-state index contributed by atoms with van der Waals surface area (Å²) in [5, 5.41) is 3.59. The zero-order valence-corrected chi connectivity index (χ0v) is 6.84. The fourth-order valence-corrected chi connectivity index (χ4v) is 0.242. The molecule has 10 heavy (non-hydrogen) atoms. The van der Waals surface area contributed by atoms with E-state index in [0.717, 1.165) is 5.71 Å². The van der Waals surface area contributed by atoms with Gasteiger partial charge in [0.15, 0.2) is 0 Å². The van der Waals surface area contributed by atoms with Crippen LogP contribution in [0.3, 0.4) is 0 Å². The Balaban J connectivity index is 3.80. The van der Waals surface area contributed by atoms with Gasteiger partial charge < -0.3 is 4.84 Å². The maximum Gasteiger partial charge on any atom is 0.331 e. The second-order valence-electron chi connectivity index (χ2n) is 2.47. The number of nitrogens with zero attached hydrogens (tertiary/aromatic N) is 1. The molecule has 0 rings (SSSR count). The molecule has 0 aliphatic heterocycles. The van der Waals surface area contributed by atoms with Gasteiger partial charge in [0.1, 0.15) is 0 Å². The van der Waals surface area contributed by atoms with E-state index in [1.54, 1.807) is 0 Å². The van der Waals surface area contributed by atoms with E-state index in [1.807, 2.05) is 20.8 Å². The number of rotatable bonds is 2. The molecular weight excluding hydrogens is 130 g/mol. The first kappa shape index (κ1) is 9.14. The molecule has 3 heteroatoms. The fourth-order valence-electron chi connectivity index (χ4n) is 0.242. The molecule has 0 saturated heterocycles. The van der Waals surface area contributed by atoms with Crippen LogP contribution in [-0.2, 0) is 9.63 Å². The van der Waals surface area contributed by atoms with Gasteiger partial charge in [0.2, 0.25) is 0 Å². The summed E-state index contributed by atoms with van der Waals surface area (Å²) in [5.41, 5.74) is 0.829. The molecular formula is C7H13NO2. The summed E-state index contributed by atoms with van der Waals surface area (Å²) in [7, 11) is 0. The lowest BCUT2D eigenvalue weighted by atomic mass is 10.1. The van der Waals surface area contributed by atoms with Crippen LogP contribution < -0.4 is 0 Å². The Kier molecular flexibility index (Phi) is 3.69. The van der Waals surface area contributed by atoms with Crippen molar-refractivity contribution in [1.82, 2.24) is 0 Å². The number of hydrogen-bond donors (Lipinski definition) is 0. The van der Waals surface area contributed by atoms with Gasteiger partial charge in [-0.3, -0.25) is 0 Å². The normalized spacial score (nSPS) is 11.9. The number of carbonyl (C=O) groups excluding carboxylic acids is 1. The molecule has 0 fully saturated rings. The minimum absolute atomic E-state index is 0.333. The van der Waals surface area contributed by atoms with Gasteiger partial charge in [-0.05, 0) is 12.8 Å². The maximum absolute atomic E-state index is 10.2. The molecule has 3 nitrogen and oxygen atoms in total. The van der Waals surface area contributed by atoms with Crippen molar-refractivity contribution in [2.24, 2.45) is 11.1 Å². The predicted molar refractivity (Wildman–Crippen MR) is 39.7 cm³/mol. The van der Waals surface area contributed by atoms with Crippen LogP contribution in [-0.4, -0.2) is 11.7 Å². The average Bonchev–Trinajstić information content (AvgIpc) is 1.82. The average molecular weight is 143 g/mol. The van der Waals surface area contributed by atoms with Gasteiger partial charge in [-0.1, -0.05) is 19.0 Å². The molecule has 0 amide bonds. The highest BCUT2D eigenvalue weighted by atomic mass is 16.7. The van der Waals surface area contributed by atoms with Gasteiger partial charge in [0.25, 0.3) is 0 Å². The summed E-state index contributed by atoms with van der Waals surface area (Å²) < 4.78 is 0. The number of carbonyl (C=O) groups is 1. The van der Waals surface area contributed by atoms with E-state index in [4.69, 9.17) is 0 Å². The zero-order valence-electron chi connectivity index (χ0n) is 6.84. The smallest absolute Gasteiger partial charge is 0.319 e. The van der Waals surface area contributed by atoms with Crippen molar-refractivity contribution in [3.8, 4) is 0 Å². The largest absolute Gasteiger partial charge is 0.331 e. The SMILES string of the molecule is CC(=O)ON=C(C)C(C)C. The third kappa shape index (κ3) is 4.06. The van der Waals surface area contributed by atoms with Gasteiger partial charge >= 0.3 is 5.97 Å². The second kappa shape index (κ2) is 4.04. The lowest BCUT2D eigenvalue weighted by molar-refractivity contribution is -0.140. The topological polar surface area (TPSA) is 38.7 Å². The molecule has 0 bridgehead atoms. The first-order chi connectivity index (χ1) is 4.54. The zero-order chi connectivity index (χ0) is 8.15. The van der Waals surface area contributed by atoms with E-state index in [0.29, 0.717) is 5.92 Å². The summed E-state index contributed by atoms with van der Waals surface area (Å²) >= 11 is 0. The summed E-state index contributed by atoms with van der Waals surface area (Å²) in [6.45, 7) is 7.13. The monoisotopic (exact) mass is 143 g/mol. The highest BCUT2D eigenvalue weighted by molar-refractivity contribution is 5.83. The Labute approximate surface area is 61.1 Å². The maximum atomic E-state index is 10.2. The first-order valence-electron chi connectivity index (χ1n) is 3.26. The van der Waals surface area contributed by atoms with Crippen molar-refractivity contribution in [2.75, 3.05) is 0 Å². The summed E-state index contributed by atoms with van der Waals surface area (Å²) in [6, 6.07) is 0. The molecule has 0 aromatic rings. The van der Waals surface area contributed by atoms with Crippen LogP contribution >= 0.6 is 0 Å². The summed E-state index contributed by atoms with van der Waals surface area (Å²) in [5.74, 6) is -0.0423. The molecule has 0 saturated carbocycles. The van der Waals surface area contributed by atoms with Crippen LogP contribution in [0.5, 0.6) is 0 Å². The number of oxime groups is 1. The Hall–Kier alpha value is -0.860. The van der Waals surface area contributed by atoms with E-state index in [9.17, 15) is 4.79 Å². The van der Waals surface area contributed by atoms with Gasteiger partial charge in [-0.15, -0.1) is 0 Å². The van der Waals surface area contributed by atoms with E-state index in [1.165, 1.54) is 6.92 Å². The van der Waals surface area contributed by atoms with E-state index in [2.05, 4.69) is 9.99 Å². The minimum atomic E-state index is -0.375. The molecule has 0 N–H and O–H groups in total. The molecule has 0 aliphatic carbocycles. The predicted octanol–water partition coefficient (Wildman–Crippen LogP) is 1.58. The first-order valence-corrected chi connectivity index (χ1v) is 3.26. The fraction of sp³-hybridized carbons (Fsp3) is 0.714. The summed E-state index contributed by atoms with van der Waals surface area (Å²) in [6.07, 6.45) is 0. The molecule has 0 aliphatic rings. The lowest BCUT2D eigenvalue weighted by Crippen LogP contribution is -2.04. The lowest BCUT2D eigenvalue weighted by Gasteiger charge is -2.00. The van der Waals surface area contributed by atoms with Gasteiger partial charge in [0, 0.05) is 6.92 Å². The third-order valence-corrected chi connectivity index (χ3v) is 1.15. The molecule has 0 aromatic carbocycles.